The van der Waals surface area contributed by atoms with Crippen LogP contribution in [-0.2, 0) is 54.0 Å². The molecule has 34 nitrogen and oxygen atoms in total. The van der Waals surface area contributed by atoms with E-state index in [0.717, 1.165) is 104 Å². The van der Waals surface area contributed by atoms with E-state index in [0.29, 0.717) is 22.1 Å². The van der Waals surface area contributed by atoms with E-state index in [1.54, 1.807) is 30.0 Å². The van der Waals surface area contributed by atoms with E-state index in [1.807, 2.05) is 12.1 Å². The van der Waals surface area contributed by atoms with Crippen molar-refractivity contribution in [3.05, 3.63) is 84.1 Å². The molecule has 102 heavy (non-hydrogen) atoms. The van der Waals surface area contributed by atoms with Gasteiger partial charge in [-0.15, -0.1) is 0 Å². The number of phenols is 1. The van der Waals surface area contributed by atoms with E-state index in [2.05, 4.69) is 58.3 Å². The fourth-order valence-electron chi connectivity index (χ4n) is 12.7. The molecule has 4 saturated heterocycles. The summed E-state index contributed by atoms with van der Waals surface area (Å²) in [7, 11) is 1.70. The Kier molecular flexibility index (Phi) is 28.5. The van der Waals surface area contributed by atoms with E-state index in [4.69, 9.17) is 29.0 Å². The Morgan fingerprint density at radius 1 is 0.794 bits per heavy atom. The normalized spacial score (nSPS) is 24.7. The highest BCUT2D eigenvalue weighted by atomic mass is 32.2. The molecule has 0 bridgehead atoms. The van der Waals surface area contributed by atoms with Crippen molar-refractivity contribution in [1.29, 1.82) is 0 Å². The molecule has 2 aromatic heterocycles. The number of aromatic nitrogens is 3. The van der Waals surface area contributed by atoms with Crippen molar-refractivity contribution in [3.63, 3.8) is 0 Å². The number of amides is 7. The summed E-state index contributed by atoms with van der Waals surface area (Å²) in [5.74, 6) is -9.11. The average Bonchev–Trinajstić information content (AvgIpc) is 1.64. The minimum Gasteiger partial charge on any atom is -0.504 e. The average molecular weight is 1470 g/mol. The molecule has 0 aliphatic carbocycles. The molecule has 5 aromatic rings. The first-order valence-corrected chi connectivity index (χ1v) is 35.1. The smallest absolute Gasteiger partial charge is 0.261 e. The molecule has 0 radical (unpaired) electrons. The zero-order valence-electron chi connectivity index (χ0n) is 56.4. The number of aliphatic hydroxyl groups excluding tert-OH is 8. The predicted molar refractivity (Wildman–Crippen MR) is 365 cm³/mol. The van der Waals surface area contributed by atoms with E-state index in [9.17, 15) is 74.7 Å². The standard InChI is InChI=1S/C66H90N12O22S2/c1-35-29-77-56(57(35)87)62(92)68-28-44(82)26-46(69-58(88)40-9-7-39(8-10-40)47-31-78-66(70-47)101-63(74-78)41-11-13-43(14-12-41)75-20-17-37(18-21-75)34-97-23-5-4-22-96-3)59(89)71-53(36(2)81)64(93)76-30-45(83)27-48(76)60(90)72-54(51(86)24-38-6-15-49(84)52(25-38)98-102-100-99-95)61(91)73-55(65(77)94)50(85)16-19-67-42(32-79)33-80/h6-15,25,31,35-37,42,44-46,48,50-51,53-57,67,79-87,95H,4-5,16-24,26-30,32-34H2,1-3H3,(H,68,92)(H,69,88)(H,71,89)(H,72,90)(H,73,91)/t35-,36+,44+,45+,46?,48-,50+,51+,53-,54-,55-,56-,57-/m0/s1. The van der Waals surface area contributed by atoms with E-state index < -0.39 is 184 Å². The topological polar surface area (TPSA) is 480 Å². The number of β-amino-alcohol motifs (C(OH)–C–C–N with tert-alkyl or cyclic N) is 1. The van der Waals surface area contributed by atoms with E-state index in [-0.39, 0.29) is 42.3 Å². The van der Waals surface area contributed by atoms with Crippen molar-refractivity contribution < 1.29 is 108 Å². The number of carbonyl (C=O) groups is 7. The molecule has 0 spiro atoms. The van der Waals surface area contributed by atoms with Crippen molar-refractivity contribution in [2.75, 3.05) is 84.3 Å². The van der Waals surface area contributed by atoms with Gasteiger partial charge in [0, 0.05) is 107 Å². The maximum absolute atomic E-state index is 15.0. The molecule has 36 heteroatoms. The van der Waals surface area contributed by atoms with Crippen LogP contribution < -0.4 is 41.0 Å². The number of unbranched alkanes of at least 4 members (excludes halogenated alkanes) is 1. The second kappa shape index (κ2) is 37.1. The number of piperidine rings is 1. The molecule has 558 valence electrons. The fourth-order valence-corrected chi connectivity index (χ4v) is 13.9. The third-order valence-electron chi connectivity index (χ3n) is 18.5. The number of hydrogen-bond acceptors (Lipinski definition) is 28. The van der Waals surface area contributed by atoms with Crippen LogP contribution in [0.2, 0.25) is 0 Å². The van der Waals surface area contributed by atoms with Gasteiger partial charge in [-0.2, -0.15) is 5.10 Å². The van der Waals surface area contributed by atoms with Gasteiger partial charge in [-0.05, 0) is 106 Å². The van der Waals surface area contributed by atoms with E-state index in [1.165, 1.54) is 36.5 Å². The van der Waals surface area contributed by atoms with Crippen molar-refractivity contribution in [3.8, 4) is 33.3 Å². The van der Waals surface area contributed by atoms with Crippen LogP contribution in [0.5, 0.6) is 11.5 Å². The highest BCUT2D eigenvalue weighted by Crippen LogP contribution is 2.34. The summed E-state index contributed by atoms with van der Waals surface area (Å²) < 4.78 is 22.1. The predicted octanol–water partition coefficient (Wildman–Crippen LogP) is -1.87. The number of ether oxygens (including phenoxy) is 2. The minimum absolute atomic E-state index is 0.0120. The number of methoxy groups -OCH3 is 1. The van der Waals surface area contributed by atoms with Gasteiger partial charge in [-0.25, -0.2) is 14.8 Å². The Morgan fingerprint density at radius 2 is 1.48 bits per heavy atom. The van der Waals surface area contributed by atoms with Crippen molar-refractivity contribution >= 4 is 75.7 Å². The number of aromatic hydroxyl groups is 1. The molecule has 0 saturated carbocycles. The molecular weight excluding hydrogens is 1380 g/mol. The number of carbonyl (C=O) groups excluding carboxylic acids is 7. The second-order valence-electron chi connectivity index (χ2n) is 26.0. The van der Waals surface area contributed by atoms with Gasteiger partial charge in [0.1, 0.15) is 41.3 Å². The van der Waals surface area contributed by atoms with Crippen molar-refractivity contribution in [2.24, 2.45) is 11.8 Å². The van der Waals surface area contributed by atoms with Gasteiger partial charge in [0.25, 0.3) is 18.2 Å². The Bertz CT molecular complexity index is 3590. The molecule has 13 atom stereocenters. The van der Waals surface area contributed by atoms with Crippen LogP contribution in [-0.4, -0.2) is 275 Å². The lowest BCUT2D eigenvalue weighted by molar-refractivity contribution is -0.433. The van der Waals surface area contributed by atoms with Crippen LogP contribution in [0.15, 0.2) is 72.9 Å². The van der Waals surface area contributed by atoms with Gasteiger partial charge < -0.3 is 106 Å². The van der Waals surface area contributed by atoms with Crippen LogP contribution >= 0.6 is 23.7 Å². The Morgan fingerprint density at radius 3 is 2.17 bits per heavy atom. The molecule has 4 aliphatic rings. The van der Waals surface area contributed by atoms with Crippen molar-refractivity contribution in [1.82, 2.24) is 56.3 Å². The number of anilines is 1. The Labute approximate surface area is 594 Å². The number of nitrogens with one attached hydrogen (secondary N) is 6. The molecule has 3 aromatic carbocycles. The Balaban J connectivity index is 0.946. The number of rotatable bonds is 27. The zero-order chi connectivity index (χ0) is 73.3. The van der Waals surface area contributed by atoms with Crippen LogP contribution in [0.1, 0.15) is 74.7 Å². The lowest BCUT2D eigenvalue weighted by Crippen LogP contribution is -2.64. The molecular formula is C66H90N12O22S2. The van der Waals surface area contributed by atoms with Gasteiger partial charge >= 0.3 is 0 Å². The third kappa shape index (κ3) is 20.1. The second-order valence-corrected chi connectivity index (χ2v) is 27.4. The maximum Gasteiger partial charge on any atom is 0.261 e. The summed E-state index contributed by atoms with van der Waals surface area (Å²) in [5, 5.41) is 132. The third-order valence-corrected chi connectivity index (χ3v) is 19.9. The summed E-state index contributed by atoms with van der Waals surface area (Å²) >= 11 is 1.46. The summed E-state index contributed by atoms with van der Waals surface area (Å²) in [6, 6.07) is 5.62. The van der Waals surface area contributed by atoms with Gasteiger partial charge in [0.2, 0.25) is 40.4 Å². The highest BCUT2D eigenvalue weighted by Gasteiger charge is 2.50. The fraction of sp³-hybridized carbons (Fsp3) is 0.561. The quantitative estimate of drug-likeness (QED) is 0.0119. The minimum atomic E-state index is -2.16. The largest absolute Gasteiger partial charge is 0.504 e. The number of phenolic OH excluding ortho intramolecular Hbond substituents is 1. The van der Waals surface area contributed by atoms with E-state index >= 15 is 4.79 Å². The lowest BCUT2D eigenvalue weighted by atomic mass is 9.97. The summed E-state index contributed by atoms with van der Waals surface area (Å²) in [4.78, 5) is 112. The number of benzene rings is 3. The molecule has 9 rings (SSSR count). The number of fused-ring (bicyclic) bond motifs is 3. The van der Waals surface area contributed by atoms with Crippen LogP contribution in [0.25, 0.3) is 26.8 Å². The molecule has 1 unspecified atom stereocenters. The first-order valence-electron chi connectivity index (χ1n) is 33.7. The highest BCUT2D eigenvalue weighted by molar-refractivity contribution is 7.90. The van der Waals surface area contributed by atoms with Gasteiger partial charge in [-0.3, -0.25) is 33.6 Å². The number of nitrogens with zero attached hydrogens (tertiary/aromatic N) is 6. The summed E-state index contributed by atoms with van der Waals surface area (Å²) in [5.41, 5.74) is 3.28. The van der Waals surface area contributed by atoms with Crippen LogP contribution in [0.3, 0.4) is 0 Å². The Hall–Kier alpha value is -7.76. The van der Waals surface area contributed by atoms with Crippen molar-refractivity contribution in [2.45, 2.75) is 144 Å². The number of imidazole rings is 1. The van der Waals surface area contributed by atoms with Gasteiger partial charge in [0.15, 0.2) is 11.5 Å². The SMILES string of the molecule is COCCCCOCC1CCN(c2ccc(-c3nn4cc(-c5ccc(C(=O)NC6C[C@@H](O)CNC(=O)[C@@H]7[C@@H](O)[C@@H](C)CN7C(=O)[C@H]([C@H](O)CCNC(CO)CO)NC(=O)[C@H]([C@H](O)Cc7ccc(O)c(OSOOO)c7)NC(=O)[C@@H]7C[C@@H](O)CN7C(=O)[C@H]([C@@H](C)O)NC6=O)cc5)nc4s3)cc2)CC1. The van der Waals surface area contributed by atoms with Gasteiger partial charge in [0.05, 0.1) is 67.8 Å². The molecule has 6 heterocycles. The van der Waals surface area contributed by atoms with Crippen LogP contribution in [0, 0.1) is 11.8 Å². The lowest BCUT2D eigenvalue weighted by Gasteiger charge is -2.34. The molecule has 16 N–H and O–H groups in total. The number of aliphatic hydroxyl groups is 8. The summed E-state index contributed by atoms with van der Waals surface area (Å²) in [6.45, 7) is 3.79. The summed E-state index contributed by atoms with van der Waals surface area (Å²) in [6.07, 6.45) is -6.90. The molecule has 7 amide bonds. The first-order chi connectivity index (χ1) is 49.0. The zero-order valence-corrected chi connectivity index (χ0v) is 58.0. The maximum atomic E-state index is 15.0. The van der Waals surface area contributed by atoms with Crippen LogP contribution in [0.4, 0.5) is 5.69 Å². The monoisotopic (exact) mass is 1470 g/mol. The molecule has 4 fully saturated rings. The molecule has 4 aliphatic heterocycles. The van der Waals surface area contributed by atoms with Gasteiger partial charge in [-0.1, -0.05) is 45.8 Å². The first kappa shape index (κ1) is 78.4. The number of hydrogen-bond donors (Lipinski definition) is 16.